The summed E-state index contributed by atoms with van der Waals surface area (Å²) in [5.41, 5.74) is 0. The number of unbranched alkanes of at least 4 members (excludes halogenated alkanes) is 1. The number of aliphatic hydroxyl groups excluding tert-OH is 2. The molecule has 0 bridgehead atoms. The first-order valence-electron chi connectivity index (χ1n) is 4.31. The lowest BCUT2D eigenvalue weighted by Gasteiger charge is -1.98. The molecule has 0 aliphatic rings. The molecule has 0 aliphatic carbocycles. The summed E-state index contributed by atoms with van der Waals surface area (Å²) in [6, 6.07) is 0. The van der Waals surface area contributed by atoms with E-state index in [2.05, 4.69) is 11.3 Å². The van der Waals surface area contributed by atoms with E-state index in [9.17, 15) is 9.59 Å². The molecule has 0 saturated carbocycles. The van der Waals surface area contributed by atoms with E-state index in [0.29, 0.717) is 12.8 Å². The summed E-state index contributed by atoms with van der Waals surface area (Å²) in [5.74, 6) is -1.40. The van der Waals surface area contributed by atoms with E-state index in [0.717, 1.165) is 6.08 Å². The Morgan fingerprint density at radius 1 is 1.27 bits per heavy atom. The lowest BCUT2D eigenvalue weighted by Crippen LogP contribution is -2.04. The molecule has 0 atom stereocenters. The van der Waals surface area contributed by atoms with Crippen molar-refractivity contribution in [2.75, 3.05) is 13.4 Å². The van der Waals surface area contributed by atoms with Gasteiger partial charge in [-0.25, -0.2) is 4.79 Å². The second-order valence-corrected chi connectivity index (χ2v) is 2.37. The number of carboxylic acid groups (broad SMARTS) is 1. The molecule has 0 radical (unpaired) electrons. The Bertz CT molecular complexity index is 189. The Hall–Kier alpha value is -1.40. The number of rotatable bonds is 6. The van der Waals surface area contributed by atoms with Crippen molar-refractivity contribution in [3.8, 4) is 0 Å². The van der Waals surface area contributed by atoms with E-state index in [1.165, 1.54) is 0 Å². The molecule has 6 heteroatoms. The molecule has 0 aromatic rings. The number of carboxylic acids is 1. The van der Waals surface area contributed by atoms with Gasteiger partial charge in [-0.2, -0.15) is 0 Å². The zero-order chi connectivity index (χ0) is 12.1. The molecule has 0 saturated heterocycles. The van der Waals surface area contributed by atoms with Crippen LogP contribution in [-0.2, 0) is 14.3 Å². The van der Waals surface area contributed by atoms with Gasteiger partial charge in [-0.05, 0) is 12.8 Å². The summed E-state index contributed by atoms with van der Waals surface area (Å²) in [6.07, 6.45) is 2.30. The average Bonchev–Trinajstić information content (AvgIpc) is 2.19. The highest BCUT2D eigenvalue weighted by molar-refractivity contribution is 5.78. The second-order valence-electron chi connectivity index (χ2n) is 2.37. The highest BCUT2D eigenvalue weighted by atomic mass is 16.6. The molecule has 0 fully saturated rings. The number of aliphatic hydroxyl groups is 2. The van der Waals surface area contributed by atoms with Gasteiger partial charge >= 0.3 is 11.9 Å². The molecule has 0 aromatic carbocycles. The van der Waals surface area contributed by atoms with Gasteiger partial charge in [-0.3, -0.25) is 4.79 Å². The first-order chi connectivity index (χ1) is 7.08. The van der Waals surface area contributed by atoms with Gasteiger partial charge in [0, 0.05) is 19.1 Å². The van der Waals surface area contributed by atoms with Crippen LogP contribution in [0.5, 0.6) is 0 Å². The van der Waals surface area contributed by atoms with E-state index < -0.39 is 18.7 Å². The van der Waals surface area contributed by atoms with Crippen LogP contribution in [0.15, 0.2) is 12.7 Å². The van der Waals surface area contributed by atoms with Gasteiger partial charge in [0.2, 0.25) is 0 Å². The Balaban J connectivity index is 0. The van der Waals surface area contributed by atoms with Crippen molar-refractivity contribution in [3.63, 3.8) is 0 Å². The summed E-state index contributed by atoms with van der Waals surface area (Å²) < 4.78 is 4.22. The van der Waals surface area contributed by atoms with Crippen molar-refractivity contribution in [3.05, 3.63) is 12.7 Å². The standard InChI is InChI=1S/C6H12O4.C3H4O2/c7-4-2-1-3-6(9)10-5-8;1-2-3(4)5/h7-8H,1-5H2;2H,1H2,(H,4,5). The Kier molecular flexibility index (Phi) is 13.5. The molecule has 0 rings (SSSR count). The zero-order valence-corrected chi connectivity index (χ0v) is 8.39. The van der Waals surface area contributed by atoms with Crippen LogP contribution in [0.1, 0.15) is 19.3 Å². The third kappa shape index (κ3) is 19.1. The average molecular weight is 220 g/mol. The van der Waals surface area contributed by atoms with Gasteiger partial charge < -0.3 is 20.1 Å². The number of esters is 1. The van der Waals surface area contributed by atoms with Crippen molar-refractivity contribution < 1.29 is 29.6 Å². The fourth-order valence-corrected chi connectivity index (χ4v) is 0.525. The van der Waals surface area contributed by atoms with Crippen LogP contribution in [-0.4, -0.2) is 40.7 Å². The quantitative estimate of drug-likeness (QED) is 0.250. The van der Waals surface area contributed by atoms with E-state index in [4.69, 9.17) is 15.3 Å². The van der Waals surface area contributed by atoms with Crippen molar-refractivity contribution in [1.29, 1.82) is 0 Å². The Morgan fingerprint density at radius 2 is 1.80 bits per heavy atom. The SMILES string of the molecule is C=CC(=O)O.O=C(CCCCO)OCO. The van der Waals surface area contributed by atoms with Gasteiger partial charge in [0.25, 0.3) is 0 Å². The van der Waals surface area contributed by atoms with Crippen LogP contribution in [0, 0.1) is 0 Å². The third-order valence-electron chi connectivity index (χ3n) is 1.19. The zero-order valence-electron chi connectivity index (χ0n) is 8.39. The van der Waals surface area contributed by atoms with Gasteiger partial charge in [-0.1, -0.05) is 6.58 Å². The maximum absolute atomic E-state index is 10.5. The van der Waals surface area contributed by atoms with E-state index in [1.54, 1.807) is 0 Å². The second kappa shape index (κ2) is 12.6. The van der Waals surface area contributed by atoms with Crippen LogP contribution in [0.2, 0.25) is 0 Å². The first kappa shape index (κ1) is 16.0. The minimum absolute atomic E-state index is 0.0897. The van der Waals surface area contributed by atoms with Crippen molar-refractivity contribution in [2.24, 2.45) is 0 Å². The maximum atomic E-state index is 10.5. The number of aliphatic carboxylic acids is 1. The van der Waals surface area contributed by atoms with E-state index in [1.807, 2.05) is 0 Å². The maximum Gasteiger partial charge on any atom is 0.327 e. The van der Waals surface area contributed by atoms with Crippen molar-refractivity contribution >= 4 is 11.9 Å². The monoisotopic (exact) mass is 220 g/mol. The van der Waals surface area contributed by atoms with Crippen LogP contribution >= 0.6 is 0 Å². The molecule has 0 aliphatic heterocycles. The van der Waals surface area contributed by atoms with Gasteiger partial charge in [0.15, 0.2) is 6.79 Å². The minimum atomic E-state index is -0.981. The smallest absolute Gasteiger partial charge is 0.327 e. The van der Waals surface area contributed by atoms with Gasteiger partial charge in [-0.15, -0.1) is 0 Å². The van der Waals surface area contributed by atoms with Gasteiger partial charge in [0.1, 0.15) is 0 Å². The molecule has 15 heavy (non-hydrogen) atoms. The van der Waals surface area contributed by atoms with Crippen LogP contribution < -0.4 is 0 Å². The lowest BCUT2D eigenvalue weighted by atomic mass is 10.2. The topological polar surface area (TPSA) is 104 Å². The van der Waals surface area contributed by atoms with Crippen LogP contribution in [0.25, 0.3) is 0 Å². The highest BCUT2D eigenvalue weighted by Gasteiger charge is 1.99. The summed E-state index contributed by atoms with van der Waals surface area (Å²) in [4.78, 5) is 19.7. The summed E-state index contributed by atoms with van der Waals surface area (Å²) >= 11 is 0. The Labute approximate surface area is 87.8 Å². The molecule has 0 spiro atoms. The molecule has 88 valence electrons. The number of hydrogen-bond donors (Lipinski definition) is 3. The van der Waals surface area contributed by atoms with E-state index in [-0.39, 0.29) is 13.0 Å². The summed E-state index contributed by atoms with van der Waals surface area (Å²) in [7, 11) is 0. The van der Waals surface area contributed by atoms with Crippen molar-refractivity contribution in [1.82, 2.24) is 0 Å². The number of ether oxygens (including phenoxy) is 1. The van der Waals surface area contributed by atoms with Crippen LogP contribution in [0.4, 0.5) is 0 Å². The number of carbonyl (C=O) groups is 2. The Morgan fingerprint density at radius 3 is 2.13 bits per heavy atom. The largest absolute Gasteiger partial charge is 0.478 e. The van der Waals surface area contributed by atoms with Crippen LogP contribution in [0.3, 0.4) is 0 Å². The predicted octanol–water partition coefficient (Wildman–Crippen LogP) is -0.101. The predicted molar refractivity (Wildman–Crippen MR) is 51.9 cm³/mol. The molecule has 0 heterocycles. The lowest BCUT2D eigenvalue weighted by molar-refractivity contribution is -0.151. The highest BCUT2D eigenvalue weighted by Crippen LogP contribution is 1.95. The minimum Gasteiger partial charge on any atom is -0.478 e. The van der Waals surface area contributed by atoms with Gasteiger partial charge in [0.05, 0.1) is 0 Å². The normalized spacial score (nSPS) is 8.40. The molecule has 0 unspecified atom stereocenters. The van der Waals surface area contributed by atoms with Crippen molar-refractivity contribution in [2.45, 2.75) is 19.3 Å². The van der Waals surface area contributed by atoms with E-state index >= 15 is 0 Å². The molecule has 3 N–H and O–H groups in total. The fraction of sp³-hybridized carbons (Fsp3) is 0.556. The number of carbonyl (C=O) groups excluding carboxylic acids is 1. The molecule has 6 nitrogen and oxygen atoms in total. The molecular weight excluding hydrogens is 204 g/mol. The molecular formula is C9H16O6. The first-order valence-corrected chi connectivity index (χ1v) is 4.31. The number of hydrogen-bond acceptors (Lipinski definition) is 5. The summed E-state index contributed by atoms with van der Waals surface area (Å²) in [6.45, 7) is 2.49. The summed E-state index contributed by atoms with van der Waals surface area (Å²) in [5, 5.41) is 24.0. The molecule has 0 amide bonds. The fourth-order valence-electron chi connectivity index (χ4n) is 0.525. The molecule has 0 aromatic heterocycles. The third-order valence-corrected chi connectivity index (χ3v) is 1.19.